The third-order valence-electron chi connectivity index (χ3n) is 3.76. The maximum atomic E-state index is 5.10. The highest BCUT2D eigenvalue weighted by Crippen LogP contribution is 2.30. The van der Waals surface area contributed by atoms with Gasteiger partial charge in [0.1, 0.15) is 0 Å². The average molecular weight is 212 g/mol. The average Bonchev–Trinajstić information content (AvgIpc) is 2.93. The molecule has 0 aromatic rings. The van der Waals surface area contributed by atoms with Gasteiger partial charge in [0.2, 0.25) is 0 Å². The van der Waals surface area contributed by atoms with Crippen molar-refractivity contribution in [3.05, 3.63) is 0 Å². The van der Waals surface area contributed by atoms with Crippen molar-refractivity contribution in [2.45, 2.75) is 38.3 Å². The number of nitrogens with one attached hydrogen (secondary N) is 1. The van der Waals surface area contributed by atoms with Crippen LogP contribution in [0.5, 0.6) is 0 Å². The Labute approximate surface area is 93.2 Å². The Balaban J connectivity index is 1.59. The number of rotatable bonds is 5. The minimum atomic E-state index is 0.777. The first kappa shape index (κ1) is 11.4. The summed E-state index contributed by atoms with van der Waals surface area (Å²) in [7, 11) is 1.78. The van der Waals surface area contributed by atoms with E-state index in [1.54, 1.807) is 7.11 Å². The van der Waals surface area contributed by atoms with Crippen LogP contribution in [0, 0.1) is 5.92 Å². The van der Waals surface area contributed by atoms with E-state index >= 15 is 0 Å². The van der Waals surface area contributed by atoms with E-state index in [-0.39, 0.29) is 0 Å². The molecular formula is C12H24N2O. The lowest BCUT2D eigenvalue weighted by Crippen LogP contribution is -2.44. The third kappa shape index (κ3) is 3.44. The van der Waals surface area contributed by atoms with E-state index < -0.39 is 0 Å². The molecule has 1 heterocycles. The molecule has 2 rings (SSSR count). The maximum Gasteiger partial charge on any atom is 0.0589 e. The van der Waals surface area contributed by atoms with Gasteiger partial charge in [-0.05, 0) is 38.3 Å². The molecule has 1 aliphatic carbocycles. The van der Waals surface area contributed by atoms with Gasteiger partial charge in [-0.1, -0.05) is 6.92 Å². The molecule has 15 heavy (non-hydrogen) atoms. The van der Waals surface area contributed by atoms with Gasteiger partial charge in [0, 0.05) is 25.7 Å². The molecule has 1 saturated heterocycles. The summed E-state index contributed by atoms with van der Waals surface area (Å²) < 4.78 is 5.10. The minimum Gasteiger partial charge on any atom is -0.383 e. The normalized spacial score (nSPS) is 33.2. The summed E-state index contributed by atoms with van der Waals surface area (Å²) >= 11 is 0. The second-order valence-electron chi connectivity index (χ2n) is 5.09. The second kappa shape index (κ2) is 5.28. The molecular weight excluding hydrogens is 188 g/mol. The van der Waals surface area contributed by atoms with E-state index in [0.29, 0.717) is 0 Å². The summed E-state index contributed by atoms with van der Waals surface area (Å²) in [5, 5.41) is 3.76. The van der Waals surface area contributed by atoms with E-state index in [4.69, 9.17) is 4.74 Å². The van der Waals surface area contributed by atoms with Crippen molar-refractivity contribution in [2.75, 3.05) is 33.4 Å². The fourth-order valence-corrected chi connectivity index (χ4v) is 2.40. The molecule has 0 aromatic heterocycles. The van der Waals surface area contributed by atoms with Gasteiger partial charge in [0.15, 0.2) is 0 Å². The van der Waals surface area contributed by atoms with Gasteiger partial charge >= 0.3 is 0 Å². The highest BCUT2D eigenvalue weighted by Gasteiger charge is 2.34. The Bertz CT molecular complexity index is 190. The monoisotopic (exact) mass is 212 g/mol. The van der Waals surface area contributed by atoms with Gasteiger partial charge in [0.05, 0.1) is 6.61 Å². The Morgan fingerprint density at radius 3 is 2.53 bits per heavy atom. The molecule has 88 valence electrons. The first-order valence-electron chi connectivity index (χ1n) is 6.27. The number of methoxy groups -OCH3 is 1. The van der Waals surface area contributed by atoms with Gasteiger partial charge in [-0.15, -0.1) is 0 Å². The molecule has 2 unspecified atom stereocenters. The highest BCUT2D eigenvalue weighted by atomic mass is 16.5. The standard InChI is InChI=1S/C12H24N2O/c1-10-9-12(10)13-11-3-5-14(6-4-11)7-8-15-2/h10-13H,3-9H2,1-2H3. The summed E-state index contributed by atoms with van der Waals surface area (Å²) in [5.41, 5.74) is 0. The first-order chi connectivity index (χ1) is 7.29. The van der Waals surface area contributed by atoms with Gasteiger partial charge < -0.3 is 15.0 Å². The van der Waals surface area contributed by atoms with Crippen molar-refractivity contribution >= 4 is 0 Å². The van der Waals surface area contributed by atoms with Crippen molar-refractivity contribution in [1.82, 2.24) is 10.2 Å². The van der Waals surface area contributed by atoms with Crippen LogP contribution in [-0.4, -0.2) is 50.3 Å². The molecule has 2 aliphatic rings. The van der Waals surface area contributed by atoms with Crippen LogP contribution >= 0.6 is 0 Å². The van der Waals surface area contributed by atoms with Crippen LogP contribution in [0.15, 0.2) is 0 Å². The van der Waals surface area contributed by atoms with E-state index in [1.807, 2.05) is 0 Å². The minimum absolute atomic E-state index is 0.777. The molecule has 2 atom stereocenters. The lowest BCUT2D eigenvalue weighted by molar-refractivity contribution is 0.125. The van der Waals surface area contributed by atoms with Gasteiger partial charge in [-0.2, -0.15) is 0 Å². The first-order valence-corrected chi connectivity index (χ1v) is 6.27. The predicted octanol–water partition coefficient (Wildman–Crippen LogP) is 1.10. The number of ether oxygens (including phenoxy) is 1. The maximum absolute atomic E-state index is 5.10. The Morgan fingerprint density at radius 2 is 2.00 bits per heavy atom. The molecule has 3 heteroatoms. The van der Waals surface area contributed by atoms with Crippen molar-refractivity contribution in [2.24, 2.45) is 5.92 Å². The van der Waals surface area contributed by atoms with E-state index in [0.717, 1.165) is 31.2 Å². The largest absolute Gasteiger partial charge is 0.383 e. The molecule has 2 fully saturated rings. The van der Waals surface area contributed by atoms with Gasteiger partial charge in [-0.25, -0.2) is 0 Å². The molecule has 0 aromatic carbocycles. The lowest BCUT2D eigenvalue weighted by Gasteiger charge is -2.32. The summed E-state index contributed by atoms with van der Waals surface area (Å²) in [6, 6.07) is 1.61. The van der Waals surface area contributed by atoms with Crippen LogP contribution in [0.3, 0.4) is 0 Å². The Morgan fingerprint density at radius 1 is 1.33 bits per heavy atom. The molecule has 0 amide bonds. The molecule has 0 bridgehead atoms. The molecule has 1 N–H and O–H groups in total. The van der Waals surface area contributed by atoms with Crippen LogP contribution in [0.2, 0.25) is 0 Å². The molecule has 0 spiro atoms. The number of hydrogen-bond acceptors (Lipinski definition) is 3. The SMILES string of the molecule is COCCN1CCC(NC2CC2C)CC1. The smallest absolute Gasteiger partial charge is 0.0589 e. The summed E-state index contributed by atoms with van der Waals surface area (Å²) in [4.78, 5) is 2.51. The summed E-state index contributed by atoms with van der Waals surface area (Å²) in [6.07, 6.45) is 4.02. The zero-order valence-electron chi connectivity index (χ0n) is 10.0. The van der Waals surface area contributed by atoms with Crippen LogP contribution in [-0.2, 0) is 4.74 Å². The third-order valence-corrected chi connectivity index (χ3v) is 3.76. The number of piperidine rings is 1. The number of likely N-dealkylation sites (tertiary alicyclic amines) is 1. The Hall–Kier alpha value is -0.120. The van der Waals surface area contributed by atoms with Crippen molar-refractivity contribution in [3.8, 4) is 0 Å². The molecule has 1 aliphatic heterocycles. The zero-order valence-corrected chi connectivity index (χ0v) is 10.0. The quantitative estimate of drug-likeness (QED) is 0.738. The summed E-state index contributed by atoms with van der Waals surface area (Å²) in [5.74, 6) is 0.927. The van der Waals surface area contributed by atoms with Gasteiger partial charge in [0.25, 0.3) is 0 Å². The summed E-state index contributed by atoms with van der Waals surface area (Å²) in [6.45, 7) is 6.79. The highest BCUT2D eigenvalue weighted by molar-refractivity contribution is 4.93. The van der Waals surface area contributed by atoms with Crippen LogP contribution in [0.1, 0.15) is 26.2 Å². The topological polar surface area (TPSA) is 24.5 Å². The fourth-order valence-electron chi connectivity index (χ4n) is 2.40. The molecule has 1 saturated carbocycles. The fraction of sp³-hybridized carbons (Fsp3) is 1.00. The van der Waals surface area contributed by atoms with Gasteiger partial charge in [-0.3, -0.25) is 0 Å². The van der Waals surface area contributed by atoms with E-state index in [1.165, 1.54) is 32.4 Å². The predicted molar refractivity (Wildman–Crippen MR) is 62.0 cm³/mol. The van der Waals surface area contributed by atoms with Crippen LogP contribution < -0.4 is 5.32 Å². The molecule has 0 radical (unpaired) electrons. The van der Waals surface area contributed by atoms with Crippen molar-refractivity contribution < 1.29 is 4.74 Å². The second-order valence-corrected chi connectivity index (χ2v) is 5.09. The number of nitrogens with zero attached hydrogens (tertiary/aromatic N) is 1. The lowest BCUT2D eigenvalue weighted by atomic mass is 10.1. The molecule has 3 nitrogen and oxygen atoms in total. The van der Waals surface area contributed by atoms with Crippen molar-refractivity contribution in [3.63, 3.8) is 0 Å². The zero-order chi connectivity index (χ0) is 10.7. The van der Waals surface area contributed by atoms with E-state index in [9.17, 15) is 0 Å². The Kier molecular flexibility index (Phi) is 4.00. The number of hydrogen-bond donors (Lipinski definition) is 1. The van der Waals surface area contributed by atoms with E-state index in [2.05, 4.69) is 17.1 Å². The van der Waals surface area contributed by atoms with Crippen LogP contribution in [0.25, 0.3) is 0 Å². The van der Waals surface area contributed by atoms with Crippen molar-refractivity contribution in [1.29, 1.82) is 0 Å². The van der Waals surface area contributed by atoms with Crippen LogP contribution in [0.4, 0.5) is 0 Å².